The minimum Gasteiger partial charge on any atom is -0.442 e. The van der Waals surface area contributed by atoms with Crippen LogP contribution in [0.5, 0.6) is 0 Å². The number of hydrogen-bond donors (Lipinski definition) is 1. The largest absolute Gasteiger partial charge is 0.442 e. The molecule has 0 spiro atoms. The van der Waals surface area contributed by atoms with Crippen molar-refractivity contribution in [1.29, 1.82) is 0 Å². The number of benzene rings is 3. The quantitative estimate of drug-likeness (QED) is 0.150. The van der Waals surface area contributed by atoms with E-state index in [1.165, 1.54) is 11.6 Å². The van der Waals surface area contributed by atoms with Crippen LogP contribution in [0, 0.1) is 11.7 Å². The number of nitrogens with zero attached hydrogens (tertiary/aromatic N) is 3. The van der Waals surface area contributed by atoms with E-state index in [2.05, 4.69) is 60.9 Å². The molecule has 10 heteroatoms. The molecule has 5 rings (SSSR count). The maximum Gasteiger partial charge on any atom is 0.412 e. The Morgan fingerprint density at radius 3 is 2.54 bits per heavy atom. The van der Waals surface area contributed by atoms with Gasteiger partial charge in [0.15, 0.2) is 0 Å². The van der Waals surface area contributed by atoms with Crippen molar-refractivity contribution in [3.63, 3.8) is 0 Å². The summed E-state index contributed by atoms with van der Waals surface area (Å²) in [5, 5.41) is 3.50. The summed E-state index contributed by atoms with van der Waals surface area (Å²) >= 11 is 6.03. The molecule has 4 aromatic rings. The van der Waals surface area contributed by atoms with Gasteiger partial charge in [-0.15, -0.1) is 24.8 Å². The Labute approximate surface area is 289 Å². The van der Waals surface area contributed by atoms with Gasteiger partial charge in [-0.2, -0.15) is 0 Å². The zero-order valence-corrected chi connectivity index (χ0v) is 29.5. The second kappa shape index (κ2) is 16.8. The Morgan fingerprint density at radius 2 is 1.83 bits per heavy atom. The van der Waals surface area contributed by atoms with Crippen molar-refractivity contribution in [1.82, 2.24) is 14.5 Å². The SMILES string of the molecule is CC(C)[C@H]1c2ccc(F)cc2CC[C@@]1(CCN(C)CCCCCc1nc2ccccc2n1C)OC(=O)Nc1ccc(Cl)cc1.Cl.Cl. The number of halogens is 4. The molecule has 1 aliphatic rings. The Morgan fingerprint density at radius 1 is 1.09 bits per heavy atom. The van der Waals surface area contributed by atoms with E-state index < -0.39 is 11.7 Å². The lowest BCUT2D eigenvalue weighted by molar-refractivity contribution is -0.0384. The van der Waals surface area contributed by atoms with E-state index in [4.69, 9.17) is 21.3 Å². The molecular formula is C36H46Cl3FN4O2. The number of amides is 1. The number of carbonyl (C=O) groups excluding carboxylic acids is 1. The molecule has 1 N–H and O–H groups in total. The smallest absolute Gasteiger partial charge is 0.412 e. The predicted octanol–water partition coefficient (Wildman–Crippen LogP) is 9.62. The molecule has 0 aliphatic heterocycles. The highest BCUT2D eigenvalue weighted by Crippen LogP contribution is 2.48. The van der Waals surface area contributed by atoms with Crippen molar-refractivity contribution in [3.8, 4) is 0 Å². The third kappa shape index (κ3) is 8.94. The molecule has 0 saturated heterocycles. The van der Waals surface area contributed by atoms with Gasteiger partial charge in [-0.05, 0) is 105 Å². The van der Waals surface area contributed by atoms with E-state index in [1.807, 2.05) is 12.1 Å². The van der Waals surface area contributed by atoms with Crippen LogP contribution >= 0.6 is 36.4 Å². The number of aromatic nitrogens is 2. The molecule has 250 valence electrons. The summed E-state index contributed by atoms with van der Waals surface area (Å²) in [5.41, 5.74) is 4.23. The number of para-hydroxylation sites is 2. The molecule has 3 aromatic carbocycles. The Kier molecular flexibility index (Phi) is 13.8. The van der Waals surface area contributed by atoms with E-state index in [0.29, 0.717) is 30.0 Å². The number of anilines is 1. The van der Waals surface area contributed by atoms with Gasteiger partial charge in [0.05, 0.1) is 11.0 Å². The van der Waals surface area contributed by atoms with Crippen molar-refractivity contribution < 1.29 is 13.9 Å². The standard InChI is InChI=1S/C36H44ClFN4O2.2ClH/c1-25(2)34-30-18-15-28(38)24-26(30)19-20-36(34,44-35(43)39-29-16-13-27(37)14-17-29)21-23-41(3)22-9-5-6-12-33-40-31-10-7-8-11-32(31)42(33)4;;/h7-8,10-11,13-18,24-25,34H,5-6,9,12,19-23H2,1-4H3,(H,39,43);2*1H/t34-,36-;;/m0../s1. The topological polar surface area (TPSA) is 59.4 Å². The van der Waals surface area contributed by atoms with Crippen molar-refractivity contribution in [2.24, 2.45) is 13.0 Å². The molecule has 1 aromatic heterocycles. The molecule has 46 heavy (non-hydrogen) atoms. The molecular weight excluding hydrogens is 646 g/mol. The first-order valence-electron chi connectivity index (χ1n) is 15.8. The van der Waals surface area contributed by atoms with Gasteiger partial charge in [0.25, 0.3) is 0 Å². The number of nitrogens with one attached hydrogen (secondary N) is 1. The lowest BCUT2D eigenvalue weighted by Gasteiger charge is -2.47. The number of carbonyl (C=O) groups is 1. The molecule has 1 aliphatic carbocycles. The number of hydrogen-bond acceptors (Lipinski definition) is 4. The highest BCUT2D eigenvalue weighted by molar-refractivity contribution is 6.30. The highest BCUT2D eigenvalue weighted by Gasteiger charge is 2.48. The first-order chi connectivity index (χ1) is 21.1. The van der Waals surface area contributed by atoms with E-state index in [1.54, 1.807) is 30.3 Å². The Hall–Kier alpha value is -2.84. The second-order valence-corrected chi connectivity index (χ2v) is 13.0. The summed E-state index contributed by atoms with van der Waals surface area (Å²) in [7, 11) is 4.24. The fourth-order valence-corrected chi connectivity index (χ4v) is 7.03. The molecule has 0 bridgehead atoms. The van der Waals surface area contributed by atoms with Gasteiger partial charge in [-0.3, -0.25) is 5.32 Å². The molecule has 0 saturated carbocycles. The van der Waals surface area contributed by atoms with Gasteiger partial charge in [0.1, 0.15) is 17.2 Å². The Balaban J connectivity index is 0.00000288. The molecule has 1 amide bonds. The number of rotatable bonds is 12. The van der Waals surface area contributed by atoms with Crippen molar-refractivity contribution in [3.05, 3.63) is 94.5 Å². The first kappa shape index (κ1) is 37.6. The average molecular weight is 692 g/mol. The maximum atomic E-state index is 14.2. The van der Waals surface area contributed by atoms with Crippen LogP contribution in [0.3, 0.4) is 0 Å². The summed E-state index contributed by atoms with van der Waals surface area (Å²) in [4.78, 5) is 20.5. The van der Waals surface area contributed by atoms with Crippen LogP contribution in [0.15, 0.2) is 66.7 Å². The fraction of sp³-hybridized carbons (Fsp3) is 0.444. The predicted molar refractivity (Wildman–Crippen MR) is 191 cm³/mol. The fourth-order valence-electron chi connectivity index (χ4n) is 6.91. The molecule has 0 unspecified atom stereocenters. The minimum absolute atomic E-state index is 0. The lowest BCUT2D eigenvalue weighted by atomic mass is 9.65. The number of ether oxygens (including phenoxy) is 1. The second-order valence-electron chi connectivity index (χ2n) is 12.6. The van der Waals surface area contributed by atoms with Crippen LogP contribution < -0.4 is 5.32 Å². The van der Waals surface area contributed by atoms with Gasteiger partial charge in [-0.25, -0.2) is 14.2 Å². The zero-order valence-electron chi connectivity index (χ0n) is 27.1. The van der Waals surface area contributed by atoms with Crippen LogP contribution in [0.25, 0.3) is 11.0 Å². The van der Waals surface area contributed by atoms with Crippen LogP contribution in [0.4, 0.5) is 14.9 Å². The van der Waals surface area contributed by atoms with Gasteiger partial charge in [0, 0.05) is 43.1 Å². The summed E-state index contributed by atoms with van der Waals surface area (Å²) in [6, 6.07) is 20.3. The minimum atomic E-state index is -0.718. The van der Waals surface area contributed by atoms with Crippen LogP contribution in [-0.4, -0.2) is 46.3 Å². The van der Waals surface area contributed by atoms with Crippen LogP contribution in [0.1, 0.15) is 68.8 Å². The molecule has 1 heterocycles. The number of fused-ring (bicyclic) bond motifs is 2. The van der Waals surface area contributed by atoms with Crippen LogP contribution in [-0.2, 0) is 24.6 Å². The van der Waals surface area contributed by atoms with E-state index >= 15 is 0 Å². The average Bonchev–Trinajstić information content (AvgIpc) is 3.32. The Bertz CT molecular complexity index is 1580. The zero-order chi connectivity index (χ0) is 31.3. The number of aryl methyl sites for hydroxylation is 3. The van der Waals surface area contributed by atoms with E-state index in [-0.39, 0.29) is 42.5 Å². The van der Waals surface area contributed by atoms with Gasteiger partial charge >= 0.3 is 6.09 Å². The normalized spacial score (nSPS) is 17.3. The van der Waals surface area contributed by atoms with E-state index in [0.717, 1.165) is 61.2 Å². The number of unbranched alkanes of at least 4 members (excludes halogenated alkanes) is 2. The summed E-state index contributed by atoms with van der Waals surface area (Å²) in [5.74, 6) is 1.05. The molecule has 6 nitrogen and oxygen atoms in total. The van der Waals surface area contributed by atoms with Crippen molar-refractivity contribution in [2.75, 3.05) is 25.5 Å². The first-order valence-corrected chi connectivity index (χ1v) is 16.2. The number of imidazole rings is 1. The maximum absolute atomic E-state index is 14.2. The third-order valence-electron chi connectivity index (χ3n) is 9.11. The van der Waals surface area contributed by atoms with Gasteiger partial charge in [-0.1, -0.05) is 50.1 Å². The molecule has 0 radical (unpaired) electrons. The van der Waals surface area contributed by atoms with Crippen LogP contribution in [0.2, 0.25) is 5.02 Å². The van der Waals surface area contributed by atoms with Crippen molar-refractivity contribution >= 4 is 59.2 Å². The van der Waals surface area contributed by atoms with Crippen molar-refractivity contribution in [2.45, 2.75) is 70.3 Å². The monoisotopic (exact) mass is 690 g/mol. The summed E-state index contributed by atoms with van der Waals surface area (Å²) < 4.78 is 22.8. The summed E-state index contributed by atoms with van der Waals surface area (Å²) in [6.07, 6.45) is 5.77. The lowest BCUT2D eigenvalue weighted by Crippen LogP contribution is -2.49. The highest BCUT2D eigenvalue weighted by atomic mass is 35.5. The molecule has 0 fully saturated rings. The summed E-state index contributed by atoms with van der Waals surface area (Å²) in [6.45, 7) is 6.07. The van der Waals surface area contributed by atoms with E-state index in [9.17, 15) is 9.18 Å². The van der Waals surface area contributed by atoms with Gasteiger partial charge in [0.2, 0.25) is 0 Å². The van der Waals surface area contributed by atoms with Gasteiger partial charge < -0.3 is 14.2 Å². The third-order valence-corrected chi connectivity index (χ3v) is 9.37. The molecule has 2 atom stereocenters.